The monoisotopic (exact) mass is 265 g/mol. The summed E-state index contributed by atoms with van der Waals surface area (Å²) < 4.78 is 9.82. The van der Waals surface area contributed by atoms with Crippen LogP contribution in [-0.4, -0.2) is 39.7 Å². The number of carbonyl (C=O) groups excluding carboxylic acids is 1. The molecule has 0 atom stereocenters. The summed E-state index contributed by atoms with van der Waals surface area (Å²) in [6.45, 7) is 0.522. The third-order valence-electron chi connectivity index (χ3n) is 2.40. The molecule has 0 amide bonds. The zero-order valence-corrected chi connectivity index (χ0v) is 11.4. The second-order valence-electron chi connectivity index (χ2n) is 3.69. The van der Waals surface area contributed by atoms with Gasteiger partial charge in [-0.05, 0) is 17.7 Å². The van der Waals surface area contributed by atoms with Crippen molar-refractivity contribution in [2.45, 2.75) is 6.54 Å². The van der Waals surface area contributed by atoms with Crippen LogP contribution < -0.4 is 15.4 Å². The Labute approximate surface area is 112 Å². The van der Waals surface area contributed by atoms with E-state index in [4.69, 9.17) is 4.74 Å². The summed E-state index contributed by atoms with van der Waals surface area (Å²) >= 11 is 0. The number of carbonyl (C=O) groups is 1. The number of hydrogen-bond acceptors (Lipinski definition) is 4. The normalized spacial score (nSPS) is 10.8. The van der Waals surface area contributed by atoms with E-state index in [0.29, 0.717) is 18.3 Å². The van der Waals surface area contributed by atoms with Gasteiger partial charge in [0.15, 0.2) is 12.6 Å². The molecule has 6 heteroatoms. The van der Waals surface area contributed by atoms with Gasteiger partial charge in [0.25, 0.3) is 0 Å². The van der Waals surface area contributed by atoms with E-state index in [2.05, 4.69) is 20.4 Å². The van der Waals surface area contributed by atoms with Crippen LogP contribution in [0.25, 0.3) is 0 Å². The molecule has 1 aromatic rings. The summed E-state index contributed by atoms with van der Waals surface area (Å²) in [5.74, 6) is 0.934. The third kappa shape index (κ3) is 5.29. The molecule has 0 aliphatic rings. The summed E-state index contributed by atoms with van der Waals surface area (Å²) in [4.78, 5) is 15.0. The Morgan fingerprint density at radius 2 is 2.21 bits per heavy atom. The Bertz CT molecular complexity index is 447. The van der Waals surface area contributed by atoms with Crippen LogP contribution in [0.3, 0.4) is 0 Å². The fourth-order valence-electron chi connectivity index (χ4n) is 1.41. The van der Waals surface area contributed by atoms with Gasteiger partial charge in [0.1, 0.15) is 5.75 Å². The molecule has 19 heavy (non-hydrogen) atoms. The second kappa shape index (κ2) is 7.97. The van der Waals surface area contributed by atoms with Gasteiger partial charge in [0.2, 0.25) is 0 Å². The minimum absolute atomic E-state index is 0.0917. The molecular weight excluding hydrogens is 246 g/mol. The first-order valence-electron chi connectivity index (χ1n) is 5.86. The molecule has 6 nitrogen and oxygen atoms in total. The van der Waals surface area contributed by atoms with Gasteiger partial charge in [0.05, 0.1) is 7.11 Å². The number of rotatable bonds is 5. The Morgan fingerprint density at radius 3 is 2.84 bits per heavy atom. The van der Waals surface area contributed by atoms with Crippen molar-refractivity contribution in [3.05, 3.63) is 29.8 Å². The number of nitrogens with zero attached hydrogens (tertiary/aromatic N) is 1. The summed E-state index contributed by atoms with van der Waals surface area (Å²) in [6.07, 6.45) is 0. The summed E-state index contributed by atoms with van der Waals surface area (Å²) in [5.41, 5.74) is 1.03. The van der Waals surface area contributed by atoms with E-state index in [9.17, 15) is 4.79 Å². The van der Waals surface area contributed by atoms with Gasteiger partial charge in [-0.15, -0.1) is 0 Å². The molecule has 1 rings (SSSR count). The summed E-state index contributed by atoms with van der Waals surface area (Å²) in [5, 5.41) is 6.06. The number of guanidine groups is 1. The number of nitrogens with one attached hydrogen (secondary N) is 2. The molecule has 1 aromatic carbocycles. The van der Waals surface area contributed by atoms with Crippen LogP contribution in [0.15, 0.2) is 29.3 Å². The predicted molar refractivity (Wildman–Crippen MR) is 73.2 cm³/mol. The topological polar surface area (TPSA) is 72.0 Å². The number of aliphatic imine (C=N–C) groups is 1. The molecule has 0 aromatic heterocycles. The second-order valence-corrected chi connectivity index (χ2v) is 3.69. The van der Waals surface area contributed by atoms with Gasteiger partial charge in [-0.2, -0.15) is 0 Å². The van der Waals surface area contributed by atoms with E-state index in [1.165, 1.54) is 7.11 Å². The molecule has 0 saturated heterocycles. The highest BCUT2D eigenvalue weighted by molar-refractivity contribution is 5.79. The largest absolute Gasteiger partial charge is 0.482 e. The molecular formula is C13H19N3O3. The first-order chi connectivity index (χ1) is 9.19. The SMILES string of the molecule is CN=C(NC)NCc1cccc(OCC(=O)OC)c1. The molecule has 0 saturated carbocycles. The lowest BCUT2D eigenvalue weighted by atomic mass is 10.2. The number of esters is 1. The van der Waals surface area contributed by atoms with Gasteiger partial charge in [-0.1, -0.05) is 12.1 Å². The first-order valence-corrected chi connectivity index (χ1v) is 5.86. The number of ether oxygens (including phenoxy) is 2. The van der Waals surface area contributed by atoms with Crippen molar-refractivity contribution in [1.82, 2.24) is 10.6 Å². The first kappa shape index (κ1) is 14.8. The number of hydrogen-bond donors (Lipinski definition) is 2. The van der Waals surface area contributed by atoms with Gasteiger partial charge < -0.3 is 20.1 Å². The maximum absolute atomic E-state index is 11.0. The van der Waals surface area contributed by atoms with Crippen molar-refractivity contribution in [3.8, 4) is 5.75 Å². The van der Waals surface area contributed by atoms with E-state index >= 15 is 0 Å². The van der Waals surface area contributed by atoms with E-state index < -0.39 is 5.97 Å². The minimum Gasteiger partial charge on any atom is -0.482 e. The third-order valence-corrected chi connectivity index (χ3v) is 2.40. The summed E-state index contributed by atoms with van der Waals surface area (Å²) in [7, 11) is 4.83. The van der Waals surface area contributed by atoms with Gasteiger partial charge >= 0.3 is 5.97 Å². The van der Waals surface area contributed by atoms with Crippen LogP contribution in [-0.2, 0) is 16.1 Å². The number of methoxy groups -OCH3 is 1. The van der Waals surface area contributed by atoms with Gasteiger partial charge in [0, 0.05) is 20.6 Å². The van der Waals surface area contributed by atoms with Crippen LogP contribution in [0.2, 0.25) is 0 Å². The highest BCUT2D eigenvalue weighted by Crippen LogP contribution is 2.13. The molecule has 0 fully saturated rings. The Kier molecular flexibility index (Phi) is 6.21. The van der Waals surface area contributed by atoms with Crippen molar-refractivity contribution in [3.63, 3.8) is 0 Å². The molecule has 0 radical (unpaired) electrons. The maximum Gasteiger partial charge on any atom is 0.343 e. The van der Waals surface area contributed by atoms with Crippen LogP contribution in [0, 0.1) is 0 Å². The fourth-order valence-corrected chi connectivity index (χ4v) is 1.41. The molecule has 2 N–H and O–H groups in total. The smallest absolute Gasteiger partial charge is 0.343 e. The minimum atomic E-state index is -0.404. The quantitative estimate of drug-likeness (QED) is 0.462. The van der Waals surface area contributed by atoms with Crippen molar-refractivity contribution in [2.24, 2.45) is 4.99 Å². The van der Waals surface area contributed by atoms with Gasteiger partial charge in [-0.3, -0.25) is 4.99 Å². The van der Waals surface area contributed by atoms with Crippen LogP contribution >= 0.6 is 0 Å². The fraction of sp³-hybridized carbons (Fsp3) is 0.385. The van der Waals surface area contributed by atoms with Crippen LogP contribution in [0.1, 0.15) is 5.56 Å². The maximum atomic E-state index is 11.0. The lowest BCUT2D eigenvalue weighted by molar-refractivity contribution is -0.142. The predicted octanol–water partition coefficient (Wildman–Crippen LogP) is 0.533. The van der Waals surface area contributed by atoms with E-state index in [1.807, 2.05) is 18.2 Å². The van der Waals surface area contributed by atoms with Crippen LogP contribution in [0.5, 0.6) is 5.75 Å². The van der Waals surface area contributed by atoms with Crippen molar-refractivity contribution in [1.29, 1.82) is 0 Å². The molecule has 0 aliphatic carbocycles. The Hall–Kier alpha value is -2.24. The number of benzene rings is 1. The average Bonchev–Trinajstić information content (AvgIpc) is 2.46. The van der Waals surface area contributed by atoms with Crippen molar-refractivity contribution >= 4 is 11.9 Å². The molecule has 0 unspecified atom stereocenters. The van der Waals surface area contributed by atoms with E-state index in [1.54, 1.807) is 20.2 Å². The summed E-state index contributed by atoms with van der Waals surface area (Å²) in [6, 6.07) is 7.48. The lowest BCUT2D eigenvalue weighted by Crippen LogP contribution is -2.34. The lowest BCUT2D eigenvalue weighted by Gasteiger charge is -2.10. The molecule has 104 valence electrons. The van der Waals surface area contributed by atoms with Crippen molar-refractivity contribution < 1.29 is 14.3 Å². The molecule has 0 heterocycles. The Balaban J connectivity index is 2.54. The van der Waals surface area contributed by atoms with E-state index in [0.717, 1.165) is 5.56 Å². The highest BCUT2D eigenvalue weighted by Gasteiger charge is 2.03. The Morgan fingerprint density at radius 1 is 1.42 bits per heavy atom. The zero-order valence-electron chi connectivity index (χ0n) is 11.4. The van der Waals surface area contributed by atoms with Gasteiger partial charge in [-0.25, -0.2) is 4.79 Å². The highest BCUT2D eigenvalue weighted by atomic mass is 16.6. The average molecular weight is 265 g/mol. The molecule has 0 spiro atoms. The van der Waals surface area contributed by atoms with Crippen LogP contribution in [0.4, 0.5) is 0 Å². The van der Waals surface area contributed by atoms with E-state index in [-0.39, 0.29) is 6.61 Å². The standard InChI is InChI=1S/C13H19N3O3/c1-14-13(15-2)16-8-10-5-4-6-11(7-10)19-9-12(17)18-3/h4-7H,8-9H2,1-3H3,(H2,14,15,16). The molecule has 0 aliphatic heterocycles. The zero-order chi connectivity index (χ0) is 14.1. The van der Waals surface area contributed by atoms with Crippen molar-refractivity contribution in [2.75, 3.05) is 27.8 Å². The molecule has 0 bridgehead atoms.